The van der Waals surface area contributed by atoms with E-state index in [4.69, 9.17) is 14.6 Å². The predicted molar refractivity (Wildman–Crippen MR) is 78.0 cm³/mol. The maximum Gasteiger partial charge on any atom is 0.123 e. The molecule has 1 N–H and O–H groups in total. The van der Waals surface area contributed by atoms with Gasteiger partial charge in [0.05, 0.1) is 25.7 Å². The molecule has 0 radical (unpaired) electrons. The Balaban J connectivity index is 3.42. The van der Waals surface area contributed by atoms with Crippen molar-refractivity contribution in [1.82, 2.24) is 0 Å². The molecule has 0 saturated carbocycles. The fourth-order valence-electron chi connectivity index (χ4n) is 2.50. The lowest BCUT2D eigenvalue weighted by atomic mass is 9.69. The molecular formula is C16H23NO3. The molecule has 0 aliphatic rings. The van der Waals surface area contributed by atoms with E-state index >= 15 is 0 Å². The molecule has 1 aromatic carbocycles. The van der Waals surface area contributed by atoms with Crippen molar-refractivity contribution in [1.29, 1.82) is 5.26 Å². The highest BCUT2D eigenvalue weighted by Gasteiger charge is 2.38. The van der Waals surface area contributed by atoms with Crippen molar-refractivity contribution in [3.05, 3.63) is 23.8 Å². The van der Waals surface area contributed by atoms with Gasteiger partial charge in [0.25, 0.3) is 0 Å². The van der Waals surface area contributed by atoms with Crippen molar-refractivity contribution in [2.24, 2.45) is 5.92 Å². The Kier molecular flexibility index (Phi) is 5.84. The second kappa shape index (κ2) is 7.16. The molecule has 110 valence electrons. The fourth-order valence-corrected chi connectivity index (χ4v) is 2.50. The molecule has 0 spiro atoms. The number of hydrogen-bond donors (Lipinski definition) is 1. The van der Waals surface area contributed by atoms with E-state index in [2.05, 4.69) is 6.07 Å². The highest BCUT2D eigenvalue weighted by Crippen LogP contribution is 2.42. The van der Waals surface area contributed by atoms with Crippen molar-refractivity contribution in [3.63, 3.8) is 0 Å². The highest BCUT2D eigenvalue weighted by molar-refractivity contribution is 5.48. The summed E-state index contributed by atoms with van der Waals surface area (Å²) >= 11 is 0. The molecule has 20 heavy (non-hydrogen) atoms. The molecule has 4 heteroatoms. The summed E-state index contributed by atoms with van der Waals surface area (Å²) in [6.45, 7) is 4.10. The van der Waals surface area contributed by atoms with Crippen LogP contribution in [0.2, 0.25) is 0 Å². The van der Waals surface area contributed by atoms with Crippen LogP contribution in [0, 0.1) is 17.2 Å². The van der Waals surface area contributed by atoms with Crippen LogP contribution in [0.4, 0.5) is 0 Å². The summed E-state index contributed by atoms with van der Waals surface area (Å²) in [5.74, 6) is 1.48. The summed E-state index contributed by atoms with van der Waals surface area (Å²) in [4.78, 5) is 0. The Morgan fingerprint density at radius 2 is 2.00 bits per heavy atom. The molecule has 0 amide bonds. The zero-order valence-electron chi connectivity index (χ0n) is 12.6. The maximum atomic E-state index is 9.78. The van der Waals surface area contributed by atoms with E-state index in [1.807, 2.05) is 32.0 Å². The maximum absolute atomic E-state index is 9.78. The van der Waals surface area contributed by atoms with Crippen molar-refractivity contribution < 1.29 is 14.6 Å². The van der Waals surface area contributed by atoms with E-state index < -0.39 is 5.41 Å². The Morgan fingerprint density at radius 1 is 1.30 bits per heavy atom. The van der Waals surface area contributed by atoms with Crippen LogP contribution in [0.25, 0.3) is 0 Å². The SMILES string of the molecule is COc1ccc(OC)c(C(C#N)(CCCO)C(C)C)c1. The topological polar surface area (TPSA) is 62.5 Å². The minimum atomic E-state index is -0.692. The first-order valence-electron chi connectivity index (χ1n) is 6.80. The zero-order chi connectivity index (χ0) is 15.2. The summed E-state index contributed by atoms with van der Waals surface area (Å²) in [6.07, 6.45) is 1.16. The first kappa shape index (κ1) is 16.3. The summed E-state index contributed by atoms with van der Waals surface area (Å²) in [6, 6.07) is 7.94. The Labute approximate surface area is 120 Å². The van der Waals surface area contributed by atoms with Crippen LogP contribution in [-0.2, 0) is 5.41 Å². The van der Waals surface area contributed by atoms with Gasteiger partial charge in [0.1, 0.15) is 11.5 Å². The van der Waals surface area contributed by atoms with E-state index in [0.717, 1.165) is 5.56 Å². The summed E-state index contributed by atoms with van der Waals surface area (Å²) in [5.41, 5.74) is 0.133. The van der Waals surface area contributed by atoms with Crippen LogP contribution in [-0.4, -0.2) is 25.9 Å². The first-order valence-corrected chi connectivity index (χ1v) is 6.80. The van der Waals surface area contributed by atoms with Crippen molar-refractivity contribution >= 4 is 0 Å². The lowest BCUT2D eigenvalue weighted by Crippen LogP contribution is -2.31. The van der Waals surface area contributed by atoms with E-state index in [9.17, 15) is 5.26 Å². The number of benzene rings is 1. The van der Waals surface area contributed by atoms with Gasteiger partial charge in [-0.1, -0.05) is 13.8 Å². The van der Waals surface area contributed by atoms with E-state index in [1.165, 1.54) is 0 Å². The second-order valence-corrected chi connectivity index (χ2v) is 5.13. The Morgan fingerprint density at radius 3 is 2.45 bits per heavy atom. The number of aliphatic hydroxyl groups excluding tert-OH is 1. The third-order valence-corrected chi connectivity index (χ3v) is 3.80. The first-order chi connectivity index (χ1) is 9.55. The standard InChI is InChI=1S/C16H23NO3/c1-12(2)16(11-17,8-5-9-18)14-10-13(19-3)6-7-15(14)20-4/h6-7,10,12,18H,5,8-9H2,1-4H3. The molecule has 1 unspecified atom stereocenters. The van der Waals surface area contributed by atoms with Gasteiger partial charge in [0, 0.05) is 12.2 Å². The highest BCUT2D eigenvalue weighted by atomic mass is 16.5. The summed E-state index contributed by atoms with van der Waals surface area (Å²) in [7, 11) is 3.20. The number of hydrogen-bond acceptors (Lipinski definition) is 4. The molecule has 0 fully saturated rings. The average Bonchev–Trinajstić information content (AvgIpc) is 2.47. The van der Waals surface area contributed by atoms with Crippen LogP contribution >= 0.6 is 0 Å². The van der Waals surface area contributed by atoms with Gasteiger partial charge < -0.3 is 14.6 Å². The smallest absolute Gasteiger partial charge is 0.123 e. The van der Waals surface area contributed by atoms with Gasteiger partial charge in [0.15, 0.2) is 0 Å². The molecule has 1 aromatic rings. The molecule has 0 saturated heterocycles. The van der Waals surface area contributed by atoms with Gasteiger partial charge in [0.2, 0.25) is 0 Å². The van der Waals surface area contributed by atoms with Gasteiger partial charge in [-0.15, -0.1) is 0 Å². The zero-order valence-corrected chi connectivity index (χ0v) is 12.6. The largest absolute Gasteiger partial charge is 0.497 e. The predicted octanol–water partition coefficient (Wildman–Crippen LogP) is 2.89. The monoisotopic (exact) mass is 277 g/mol. The van der Waals surface area contributed by atoms with Crippen LogP contribution < -0.4 is 9.47 Å². The van der Waals surface area contributed by atoms with E-state index in [0.29, 0.717) is 24.3 Å². The molecule has 0 aliphatic heterocycles. The Hall–Kier alpha value is -1.73. The molecule has 0 aliphatic carbocycles. The number of rotatable bonds is 7. The van der Waals surface area contributed by atoms with Gasteiger partial charge in [-0.3, -0.25) is 0 Å². The lowest BCUT2D eigenvalue weighted by Gasteiger charge is -2.32. The van der Waals surface area contributed by atoms with Gasteiger partial charge >= 0.3 is 0 Å². The third-order valence-electron chi connectivity index (χ3n) is 3.80. The molecule has 0 aromatic heterocycles. The minimum Gasteiger partial charge on any atom is -0.497 e. The summed E-state index contributed by atoms with van der Waals surface area (Å²) in [5, 5.41) is 18.9. The number of aliphatic hydroxyl groups is 1. The molecule has 0 heterocycles. The van der Waals surface area contributed by atoms with Crippen LogP contribution in [0.1, 0.15) is 32.3 Å². The molecular weight excluding hydrogens is 254 g/mol. The van der Waals surface area contributed by atoms with E-state index in [1.54, 1.807) is 14.2 Å². The van der Waals surface area contributed by atoms with Crippen LogP contribution in [0.3, 0.4) is 0 Å². The second-order valence-electron chi connectivity index (χ2n) is 5.13. The normalized spacial score (nSPS) is 13.7. The van der Waals surface area contributed by atoms with Crippen LogP contribution in [0.15, 0.2) is 18.2 Å². The third kappa shape index (κ3) is 3.05. The number of nitriles is 1. The lowest BCUT2D eigenvalue weighted by molar-refractivity contribution is 0.253. The quantitative estimate of drug-likeness (QED) is 0.832. The van der Waals surface area contributed by atoms with Crippen molar-refractivity contribution in [3.8, 4) is 17.6 Å². The number of ether oxygens (including phenoxy) is 2. The minimum absolute atomic E-state index is 0.0719. The van der Waals surface area contributed by atoms with Crippen LogP contribution in [0.5, 0.6) is 11.5 Å². The van der Waals surface area contributed by atoms with Crippen molar-refractivity contribution in [2.75, 3.05) is 20.8 Å². The molecule has 4 nitrogen and oxygen atoms in total. The molecule has 0 bridgehead atoms. The number of nitrogens with zero attached hydrogens (tertiary/aromatic N) is 1. The molecule has 1 atom stereocenters. The number of methoxy groups -OCH3 is 2. The van der Waals surface area contributed by atoms with Crippen molar-refractivity contribution in [2.45, 2.75) is 32.1 Å². The average molecular weight is 277 g/mol. The Bertz CT molecular complexity index is 479. The van der Waals surface area contributed by atoms with Gasteiger partial charge in [-0.2, -0.15) is 5.26 Å². The van der Waals surface area contributed by atoms with Gasteiger partial charge in [-0.25, -0.2) is 0 Å². The fraction of sp³-hybridized carbons (Fsp3) is 0.562. The van der Waals surface area contributed by atoms with E-state index in [-0.39, 0.29) is 12.5 Å². The molecule has 1 rings (SSSR count). The van der Waals surface area contributed by atoms with Gasteiger partial charge in [-0.05, 0) is 37.0 Å². The summed E-state index contributed by atoms with van der Waals surface area (Å²) < 4.78 is 10.7.